The van der Waals surface area contributed by atoms with E-state index in [9.17, 15) is 18.7 Å². The summed E-state index contributed by atoms with van der Waals surface area (Å²) in [7, 11) is 0. The molecule has 0 amide bonds. The Balaban J connectivity index is 2.52. The number of carbonyl (C=O) groups excluding carboxylic acids is 1. The first-order valence-electron chi connectivity index (χ1n) is 5.22. The van der Waals surface area contributed by atoms with Crippen LogP contribution in [0.1, 0.15) is 12.0 Å². The van der Waals surface area contributed by atoms with Gasteiger partial charge in [-0.3, -0.25) is 4.79 Å². The molecule has 0 saturated carbocycles. The Morgan fingerprint density at radius 2 is 2.26 bits per heavy atom. The van der Waals surface area contributed by atoms with Gasteiger partial charge in [0.2, 0.25) is 5.79 Å². The molecule has 2 rings (SSSR count). The van der Waals surface area contributed by atoms with Crippen molar-refractivity contribution >= 4 is 18.1 Å². The van der Waals surface area contributed by atoms with E-state index in [-0.39, 0.29) is 41.6 Å². The predicted octanol–water partition coefficient (Wildman–Crippen LogP) is 2.04. The number of ether oxygens (including phenoxy) is 3. The molecule has 1 aromatic rings. The second-order valence-corrected chi connectivity index (χ2v) is 4.19. The van der Waals surface area contributed by atoms with Crippen LogP contribution in [-0.4, -0.2) is 24.8 Å². The van der Waals surface area contributed by atoms with E-state index in [1.165, 1.54) is 6.07 Å². The van der Waals surface area contributed by atoms with Gasteiger partial charge in [0.1, 0.15) is 0 Å². The van der Waals surface area contributed by atoms with Crippen LogP contribution in [0.5, 0.6) is 11.5 Å². The Hall–Kier alpha value is -1.60. The first-order chi connectivity index (χ1) is 8.96. The highest BCUT2D eigenvalue weighted by molar-refractivity contribution is 6.30. The maximum Gasteiger partial charge on any atom is 0.387 e. The van der Waals surface area contributed by atoms with Crippen molar-refractivity contribution in [3.8, 4) is 11.5 Å². The molecular weight excluding hydrogens is 286 g/mol. The molecule has 1 aromatic carbocycles. The van der Waals surface area contributed by atoms with Gasteiger partial charge in [0.05, 0.1) is 18.6 Å². The van der Waals surface area contributed by atoms with Gasteiger partial charge < -0.3 is 19.3 Å². The van der Waals surface area contributed by atoms with Crippen LogP contribution < -0.4 is 9.47 Å². The van der Waals surface area contributed by atoms with Gasteiger partial charge in [-0.1, -0.05) is 11.6 Å². The quantitative estimate of drug-likeness (QED) is 0.680. The molecule has 19 heavy (non-hydrogen) atoms. The summed E-state index contributed by atoms with van der Waals surface area (Å²) in [5, 5.41) is 10.2. The lowest BCUT2D eigenvalue weighted by atomic mass is 9.99. The number of alkyl halides is 2. The molecule has 0 aliphatic carbocycles. The van der Waals surface area contributed by atoms with Gasteiger partial charge in [0, 0.05) is 11.1 Å². The standard InChI is InChI=1S/C11H9ClF2O5/c12-6-3-7-9(8(4-6)19-10(13)14)17-2-1-11(7,16)18-5-15/h3-5,10,16H,1-2H2/t11-/m1/s1. The van der Waals surface area contributed by atoms with Gasteiger partial charge in [-0.05, 0) is 6.07 Å². The van der Waals surface area contributed by atoms with Crippen molar-refractivity contribution in [3.63, 3.8) is 0 Å². The van der Waals surface area contributed by atoms with Crippen molar-refractivity contribution in [2.24, 2.45) is 0 Å². The molecule has 1 aliphatic heterocycles. The zero-order valence-corrected chi connectivity index (χ0v) is 10.2. The fourth-order valence-corrected chi connectivity index (χ4v) is 2.03. The average molecular weight is 295 g/mol. The number of fused-ring (bicyclic) bond motifs is 1. The molecule has 0 unspecified atom stereocenters. The second-order valence-electron chi connectivity index (χ2n) is 3.76. The average Bonchev–Trinajstić information content (AvgIpc) is 2.30. The van der Waals surface area contributed by atoms with Crippen molar-refractivity contribution < 1.29 is 32.9 Å². The Labute approximate surface area is 111 Å². The number of halogens is 3. The van der Waals surface area contributed by atoms with Gasteiger partial charge in [-0.15, -0.1) is 0 Å². The van der Waals surface area contributed by atoms with E-state index in [4.69, 9.17) is 16.3 Å². The minimum atomic E-state index is -3.08. The fraction of sp³-hybridized carbons (Fsp3) is 0.364. The van der Waals surface area contributed by atoms with Crippen LogP contribution in [0.25, 0.3) is 0 Å². The molecule has 8 heteroatoms. The monoisotopic (exact) mass is 294 g/mol. The molecule has 1 heterocycles. The highest BCUT2D eigenvalue weighted by atomic mass is 35.5. The van der Waals surface area contributed by atoms with Crippen LogP contribution in [0.4, 0.5) is 8.78 Å². The Morgan fingerprint density at radius 3 is 2.89 bits per heavy atom. The van der Waals surface area contributed by atoms with Crippen LogP contribution >= 0.6 is 11.6 Å². The second kappa shape index (κ2) is 5.18. The molecule has 104 valence electrons. The zero-order chi connectivity index (χ0) is 14.0. The molecule has 0 aromatic heterocycles. The summed E-state index contributed by atoms with van der Waals surface area (Å²) in [6.07, 6.45) is -0.0484. The maximum atomic E-state index is 12.3. The lowest BCUT2D eigenvalue weighted by Crippen LogP contribution is -2.35. The minimum absolute atomic E-state index is 0.0292. The largest absolute Gasteiger partial charge is 0.489 e. The van der Waals surface area contributed by atoms with E-state index in [2.05, 4.69) is 9.47 Å². The summed E-state index contributed by atoms with van der Waals surface area (Å²) < 4.78 is 38.6. The topological polar surface area (TPSA) is 65.0 Å². The van der Waals surface area contributed by atoms with E-state index >= 15 is 0 Å². The third kappa shape index (κ3) is 2.71. The molecule has 1 aliphatic rings. The van der Waals surface area contributed by atoms with Crippen LogP contribution in [0.15, 0.2) is 12.1 Å². The summed E-state index contributed by atoms with van der Waals surface area (Å²) in [5.74, 6) is -2.43. The molecule has 0 radical (unpaired) electrons. The fourth-order valence-electron chi connectivity index (χ4n) is 1.82. The molecule has 0 saturated heterocycles. The van der Waals surface area contributed by atoms with E-state index in [0.717, 1.165) is 6.07 Å². The molecule has 0 fully saturated rings. The van der Waals surface area contributed by atoms with Crippen molar-refractivity contribution in [3.05, 3.63) is 22.7 Å². The van der Waals surface area contributed by atoms with Crippen LogP contribution in [0.2, 0.25) is 5.02 Å². The number of carbonyl (C=O) groups is 1. The number of hydrogen-bond donors (Lipinski definition) is 1. The highest BCUT2D eigenvalue weighted by Gasteiger charge is 2.40. The van der Waals surface area contributed by atoms with E-state index in [1.807, 2.05) is 0 Å². The minimum Gasteiger partial charge on any atom is -0.489 e. The molecule has 0 spiro atoms. The Morgan fingerprint density at radius 1 is 1.53 bits per heavy atom. The third-order valence-electron chi connectivity index (χ3n) is 2.59. The Bertz CT molecular complexity index is 496. The summed E-state index contributed by atoms with van der Waals surface area (Å²) in [4.78, 5) is 10.4. The van der Waals surface area contributed by atoms with E-state index in [0.29, 0.717) is 0 Å². The lowest BCUT2D eigenvalue weighted by Gasteiger charge is -2.33. The maximum absolute atomic E-state index is 12.3. The molecule has 5 nitrogen and oxygen atoms in total. The molecule has 1 N–H and O–H groups in total. The SMILES string of the molecule is O=CO[C@]1(O)CCOc2c(OC(F)F)cc(Cl)cc21. The number of rotatable bonds is 4. The van der Waals surface area contributed by atoms with Crippen molar-refractivity contribution in [2.75, 3.05) is 6.61 Å². The van der Waals surface area contributed by atoms with Gasteiger partial charge in [-0.25, -0.2) is 0 Å². The van der Waals surface area contributed by atoms with E-state index in [1.54, 1.807) is 0 Å². The van der Waals surface area contributed by atoms with Crippen LogP contribution in [0.3, 0.4) is 0 Å². The van der Waals surface area contributed by atoms with Crippen LogP contribution in [-0.2, 0) is 15.3 Å². The molecule has 0 bridgehead atoms. The number of hydrogen-bond acceptors (Lipinski definition) is 5. The van der Waals surface area contributed by atoms with Gasteiger partial charge in [0.15, 0.2) is 11.5 Å². The normalized spacial score (nSPS) is 21.5. The Kier molecular flexibility index (Phi) is 3.77. The first kappa shape index (κ1) is 13.8. The summed E-state index contributed by atoms with van der Waals surface area (Å²) in [5.41, 5.74) is -0.0333. The summed E-state index contributed by atoms with van der Waals surface area (Å²) in [6, 6.07) is 2.39. The zero-order valence-electron chi connectivity index (χ0n) is 9.44. The van der Waals surface area contributed by atoms with Crippen LogP contribution in [0, 0.1) is 0 Å². The lowest BCUT2D eigenvalue weighted by molar-refractivity contribution is -0.212. The molecule has 1 atom stereocenters. The first-order valence-corrected chi connectivity index (χ1v) is 5.59. The summed E-state index contributed by atoms with van der Waals surface area (Å²) >= 11 is 5.76. The van der Waals surface area contributed by atoms with Crippen molar-refractivity contribution in [1.29, 1.82) is 0 Å². The smallest absolute Gasteiger partial charge is 0.387 e. The predicted molar refractivity (Wildman–Crippen MR) is 59.2 cm³/mol. The highest BCUT2D eigenvalue weighted by Crippen LogP contribution is 2.45. The van der Waals surface area contributed by atoms with Crippen molar-refractivity contribution in [1.82, 2.24) is 0 Å². The van der Waals surface area contributed by atoms with Gasteiger partial charge >= 0.3 is 6.61 Å². The summed E-state index contributed by atoms with van der Waals surface area (Å²) in [6.45, 7) is -3.05. The van der Waals surface area contributed by atoms with E-state index < -0.39 is 12.4 Å². The number of benzene rings is 1. The van der Waals surface area contributed by atoms with Gasteiger partial charge in [-0.2, -0.15) is 8.78 Å². The van der Waals surface area contributed by atoms with Gasteiger partial charge in [0.25, 0.3) is 6.47 Å². The third-order valence-corrected chi connectivity index (χ3v) is 2.81. The number of aliphatic hydroxyl groups is 1. The molecular formula is C11H9ClF2O5. The van der Waals surface area contributed by atoms with Crippen molar-refractivity contribution in [2.45, 2.75) is 18.8 Å².